The van der Waals surface area contributed by atoms with E-state index < -0.39 is 0 Å². The standard InChI is InChI=1S/C12H21N3/c1-2-10-3-5-11(6-4-10)15-8-7-14-12(15)9-13/h7-8,10-11H,2-6,9,13H2,1H3. The molecule has 2 rings (SSSR count). The summed E-state index contributed by atoms with van der Waals surface area (Å²) in [5, 5.41) is 0. The van der Waals surface area contributed by atoms with Gasteiger partial charge >= 0.3 is 0 Å². The minimum Gasteiger partial charge on any atom is -0.331 e. The first-order valence-electron chi connectivity index (χ1n) is 6.07. The van der Waals surface area contributed by atoms with Crippen LogP contribution in [0.2, 0.25) is 0 Å². The van der Waals surface area contributed by atoms with Gasteiger partial charge in [0.1, 0.15) is 5.82 Å². The monoisotopic (exact) mass is 207 g/mol. The van der Waals surface area contributed by atoms with Gasteiger partial charge in [-0.25, -0.2) is 4.98 Å². The molecule has 3 nitrogen and oxygen atoms in total. The molecule has 0 radical (unpaired) electrons. The van der Waals surface area contributed by atoms with Gasteiger partial charge in [0.2, 0.25) is 0 Å². The van der Waals surface area contributed by atoms with Gasteiger partial charge in [0.15, 0.2) is 0 Å². The van der Waals surface area contributed by atoms with Crippen LogP contribution in [0.5, 0.6) is 0 Å². The number of aromatic nitrogens is 2. The Labute approximate surface area is 91.7 Å². The molecular formula is C12H21N3. The zero-order valence-corrected chi connectivity index (χ0v) is 9.52. The van der Waals surface area contributed by atoms with Crippen LogP contribution < -0.4 is 5.73 Å². The first kappa shape index (κ1) is 10.7. The highest BCUT2D eigenvalue weighted by Gasteiger charge is 2.22. The van der Waals surface area contributed by atoms with Crippen molar-refractivity contribution in [2.45, 2.75) is 51.6 Å². The van der Waals surface area contributed by atoms with E-state index in [4.69, 9.17) is 5.73 Å². The van der Waals surface area contributed by atoms with Crippen LogP contribution in [0.15, 0.2) is 12.4 Å². The van der Waals surface area contributed by atoms with Crippen LogP contribution in [-0.2, 0) is 6.54 Å². The van der Waals surface area contributed by atoms with Crippen LogP contribution in [0, 0.1) is 5.92 Å². The Kier molecular flexibility index (Phi) is 3.41. The molecule has 1 saturated carbocycles. The summed E-state index contributed by atoms with van der Waals surface area (Å²) >= 11 is 0. The van der Waals surface area contributed by atoms with Crippen LogP contribution in [0.1, 0.15) is 50.9 Å². The van der Waals surface area contributed by atoms with Gasteiger partial charge in [0.05, 0.1) is 6.54 Å². The van der Waals surface area contributed by atoms with E-state index in [0.29, 0.717) is 12.6 Å². The van der Waals surface area contributed by atoms with Crippen molar-refractivity contribution in [3.63, 3.8) is 0 Å². The molecule has 1 fully saturated rings. The number of imidazole rings is 1. The van der Waals surface area contributed by atoms with Crippen molar-refractivity contribution in [3.05, 3.63) is 18.2 Å². The molecule has 1 aliphatic carbocycles. The quantitative estimate of drug-likeness (QED) is 0.827. The largest absolute Gasteiger partial charge is 0.331 e. The predicted molar refractivity (Wildman–Crippen MR) is 61.4 cm³/mol. The van der Waals surface area contributed by atoms with Crippen molar-refractivity contribution in [2.24, 2.45) is 11.7 Å². The maximum Gasteiger partial charge on any atom is 0.122 e. The maximum atomic E-state index is 5.67. The molecule has 1 aromatic heterocycles. The summed E-state index contributed by atoms with van der Waals surface area (Å²) in [6, 6.07) is 0.647. The molecule has 0 bridgehead atoms. The fraction of sp³-hybridized carbons (Fsp3) is 0.750. The van der Waals surface area contributed by atoms with Crippen molar-refractivity contribution >= 4 is 0 Å². The molecule has 1 heterocycles. The third-order valence-corrected chi connectivity index (χ3v) is 3.72. The Bertz CT molecular complexity index is 298. The zero-order valence-electron chi connectivity index (χ0n) is 9.52. The summed E-state index contributed by atoms with van der Waals surface area (Å²) in [5.41, 5.74) is 5.67. The van der Waals surface area contributed by atoms with Gasteiger partial charge in [-0.05, 0) is 31.6 Å². The Morgan fingerprint density at radius 3 is 2.73 bits per heavy atom. The molecule has 84 valence electrons. The Balaban J connectivity index is 2.01. The van der Waals surface area contributed by atoms with Gasteiger partial charge in [0.25, 0.3) is 0 Å². The average Bonchev–Trinajstić information content (AvgIpc) is 2.77. The maximum absolute atomic E-state index is 5.67. The van der Waals surface area contributed by atoms with Crippen molar-refractivity contribution in [1.82, 2.24) is 9.55 Å². The molecular weight excluding hydrogens is 186 g/mol. The minimum absolute atomic E-state index is 0.556. The first-order valence-corrected chi connectivity index (χ1v) is 6.07. The molecule has 0 amide bonds. The van der Waals surface area contributed by atoms with E-state index in [0.717, 1.165) is 11.7 Å². The highest BCUT2D eigenvalue weighted by molar-refractivity contribution is 4.95. The topological polar surface area (TPSA) is 43.8 Å². The normalized spacial score (nSPS) is 26.8. The number of nitrogens with zero attached hydrogens (tertiary/aromatic N) is 2. The third-order valence-electron chi connectivity index (χ3n) is 3.72. The van der Waals surface area contributed by atoms with Gasteiger partial charge in [-0.2, -0.15) is 0 Å². The van der Waals surface area contributed by atoms with Gasteiger partial charge in [-0.15, -0.1) is 0 Å². The lowest BCUT2D eigenvalue weighted by Crippen LogP contribution is -2.20. The summed E-state index contributed by atoms with van der Waals surface area (Å²) in [5.74, 6) is 1.99. The summed E-state index contributed by atoms with van der Waals surface area (Å²) in [4.78, 5) is 4.29. The van der Waals surface area contributed by atoms with E-state index in [1.54, 1.807) is 0 Å². The van der Waals surface area contributed by atoms with E-state index in [9.17, 15) is 0 Å². The number of nitrogens with two attached hydrogens (primary N) is 1. The van der Waals surface area contributed by atoms with Crippen molar-refractivity contribution in [1.29, 1.82) is 0 Å². The third kappa shape index (κ3) is 2.23. The fourth-order valence-electron chi connectivity index (χ4n) is 2.67. The molecule has 0 aromatic carbocycles. The zero-order chi connectivity index (χ0) is 10.7. The van der Waals surface area contributed by atoms with Crippen LogP contribution in [0.25, 0.3) is 0 Å². The van der Waals surface area contributed by atoms with Gasteiger partial charge in [0, 0.05) is 18.4 Å². The van der Waals surface area contributed by atoms with E-state index in [1.165, 1.54) is 32.1 Å². The number of hydrogen-bond acceptors (Lipinski definition) is 2. The van der Waals surface area contributed by atoms with E-state index in [2.05, 4.69) is 22.7 Å². The van der Waals surface area contributed by atoms with Gasteiger partial charge in [-0.3, -0.25) is 0 Å². The lowest BCUT2D eigenvalue weighted by Gasteiger charge is -2.29. The number of hydrogen-bond donors (Lipinski definition) is 1. The minimum atomic E-state index is 0.556. The second-order valence-electron chi connectivity index (χ2n) is 4.54. The molecule has 0 unspecified atom stereocenters. The summed E-state index contributed by atoms with van der Waals surface area (Å²) in [6.45, 7) is 2.86. The summed E-state index contributed by atoms with van der Waals surface area (Å²) < 4.78 is 2.28. The molecule has 3 heteroatoms. The van der Waals surface area contributed by atoms with Crippen LogP contribution in [0.3, 0.4) is 0 Å². The second-order valence-corrected chi connectivity index (χ2v) is 4.54. The Hall–Kier alpha value is -0.830. The molecule has 0 aliphatic heterocycles. The van der Waals surface area contributed by atoms with Crippen molar-refractivity contribution < 1.29 is 0 Å². The molecule has 0 spiro atoms. The van der Waals surface area contributed by atoms with Crippen molar-refractivity contribution in [2.75, 3.05) is 0 Å². The molecule has 0 saturated heterocycles. The van der Waals surface area contributed by atoms with E-state index in [-0.39, 0.29) is 0 Å². The molecule has 1 aromatic rings. The second kappa shape index (κ2) is 4.79. The van der Waals surface area contributed by atoms with E-state index in [1.807, 2.05) is 6.20 Å². The summed E-state index contributed by atoms with van der Waals surface area (Å²) in [7, 11) is 0. The van der Waals surface area contributed by atoms with Crippen molar-refractivity contribution in [3.8, 4) is 0 Å². The van der Waals surface area contributed by atoms with Crippen LogP contribution >= 0.6 is 0 Å². The predicted octanol–water partition coefficient (Wildman–Crippen LogP) is 2.48. The molecule has 2 N–H and O–H groups in total. The smallest absolute Gasteiger partial charge is 0.122 e. The molecule has 1 aliphatic rings. The first-order chi connectivity index (χ1) is 7.35. The highest BCUT2D eigenvalue weighted by atomic mass is 15.1. The van der Waals surface area contributed by atoms with Gasteiger partial charge in [-0.1, -0.05) is 13.3 Å². The lowest BCUT2D eigenvalue weighted by atomic mass is 9.84. The Morgan fingerprint density at radius 2 is 2.13 bits per heavy atom. The fourth-order valence-corrected chi connectivity index (χ4v) is 2.67. The highest BCUT2D eigenvalue weighted by Crippen LogP contribution is 2.33. The van der Waals surface area contributed by atoms with Gasteiger partial charge < -0.3 is 10.3 Å². The van der Waals surface area contributed by atoms with Crippen LogP contribution in [0.4, 0.5) is 0 Å². The average molecular weight is 207 g/mol. The Morgan fingerprint density at radius 1 is 1.40 bits per heavy atom. The van der Waals surface area contributed by atoms with Crippen LogP contribution in [-0.4, -0.2) is 9.55 Å². The summed E-state index contributed by atoms with van der Waals surface area (Å²) in [6.07, 6.45) is 10.6. The number of rotatable bonds is 3. The molecule has 0 atom stereocenters. The lowest BCUT2D eigenvalue weighted by molar-refractivity contribution is 0.266. The van der Waals surface area contributed by atoms with E-state index >= 15 is 0 Å². The SMILES string of the molecule is CCC1CCC(n2ccnc2CN)CC1. The molecule has 15 heavy (non-hydrogen) atoms.